The van der Waals surface area contributed by atoms with Crippen LogP contribution in [0.1, 0.15) is 11.1 Å². The molecule has 5 heteroatoms. The first-order valence-electron chi connectivity index (χ1n) is 5.25. The quantitative estimate of drug-likeness (QED) is 0.759. The van der Waals surface area contributed by atoms with E-state index in [0.717, 1.165) is 11.8 Å². The van der Waals surface area contributed by atoms with Crippen LogP contribution in [0.25, 0.3) is 0 Å². The summed E-state index contributed by atoms with van der Waals surface area (Å²) in [5.41, 5.74) is 0.216. The number of nitrogens with one attached hydrogen (secondary N) is 1. The number of benzene rings is 1. The lowest BCUT2D eigenvalue weighted by Gasteiger charge is -2.02. The van der Waals surface area contributed by atoms with Crippen molar-refractivity contribution in [3.63, 3.8) is 0 Å². The maximum absolute atomic E-state index is 11.4. The van der Waals surface area contributed by atoms with E-state index in [4.69, 9.17) is 5.21 Å². The number of nitrogens with zero attached hydrogens (tertiary/aromatic N) is 1. The molecule has 0 amide bonds. The number of aryl methyl sites for hydroxylation is 2. The summed E-state index contributed by atoms with van der Waals surface area (Å²) in [6.07, 6.45) is 2.31. The average Bonchev–Trinajstić information content (AvgIpc) is 2.33. The Morgan fingerprint density at radius 3 is 2.53 bits per heavy atom. The van der Waals surface area contributed by atoms with Crippen molar-refractivity contribution in [1.82, 2.24) is 9.71 Å². The van der Waals surface area contributed by atoms with Gasteiger partial charge in [-0.15, -0.1) is 4.73 Å². The van der Waals surface area contributed by atoms with Gasteiger partial charge in [-0.3, -0.25) is 9.78 Å². The molecule has 0 aliphatic rings. The second-order valence-corrected chi connectivity index (χ2v) is 3.74. The third-order valence-electron chi connectivity index (χ3n) is 2.52. The van der Waals surface area contributed by atoms with E-state index in [1.54, 1.807) is 0 Å². The first kappa shape index (κ1) is 11.2. The lowest BCUT2D eigenvalue weighted by molar-refractivity contribution is 0.168. The van der Waals surface area contributed by atoms with Crippen LogP contribution in [0.15, 0.2) is 46.1 Å². The zero-order valence-corrected chi connectivity index (χ0v) is 9.09. The van der Waals surface area contributed by atoms with Gasteiger partial charge >= 0.3 is 5.69 Å². The van der Waals surface area contributed by atoms with Gasteiger partial charge in [0.1, 0.15) is 0 Å². The average molecular weight is 232 g/mol. The van der Waals surface area contributed by atoms with E-state index in [0.29, 0.717) is 23.1 Å². The summed E-state index contributed by atoms with van der Waals surface area (Å²) in [5.74, 6) is 0. The molecule has 0 unspecified atom stereocenters. The van der Waals surface area contributed by atoms with E-state index in [9.17, 15) is 9.59 Å². The van der Waals surface area contributed by atoms with Crippen LogP contribution in [0.5, 0.6) is 0 Å². The topological polar surface area (TPSA) is 75.1 Å². The lowest BCUT2D eigenvalue weighted by atomic mass is 10.1. The summed E-state index contributed by atoms with van der Waals surface area (Å²) in [6.45, 7) is 0. The Bertz CT molecular complexity index is 614. The number of aromatic amines is 1. The molecule has 5 nitrogen and oxygen atoms in total. The van der Waals surface area contributed by atoms with Gasteiger partial charge < -0.3 is 5.21 Å². The zero-order chi connectivity index (χ0) is 12.3. The minimum absolute atomic E-state index is 0.385. The van der Waals surface area contributed by atoms with Crippen molar-refractivity contribution >= 4 is 0 Å². The summed E-state index contributed by atoms with van der Waals surface area (Å²) < 4.78 is 0.391. The third kappa shape index (κ3) is 2.63. The number of hydrogen-bond acceptors (Lipinski definition) is 3. The Kier molecular flexibility index (Phi) is 3.09. The van der Waals surface area contributed by atoms with Crippen LogP contribution in [-0.4, -0.2) is 14.9 Å². The largest absolute Gasteiger partial charge is 0.424 e. The minimum atomic E-state index is -0.821. The van der Waals surface area contributed by atoms with Crippen LogP contribution < -0.4 is 11.2 Å². The summed E-state index contributed by atoms with van der Waals surface area (Å²) in [6, 6.07) is 9.69. The van der Waals surface area contributed by atoms with Crippen molar-refractivity contribution in [2.75, 3.05) is 0 Å². The molecule has 88 valence electrons. The molecular formula is C12H12N2O3. The molecule has 0 saturated carbocycles. The van der Waals surface area contributed by atoms with Crippen LogP contribution in [-0.2, 0) is 12.8 Å². The van der Waals surface area contributed by atoms with E-state index in [-0.39, 0.29) is 0 Å². The Balaban J connectivity index is 2.18. The summed E-state index contributed by atoms with van der Waals surface area (Å²) in [4.78, 5) is 24.4. The fourth-order valence-electron chi connectivity index (χ4n) is 1.60. The first-order chi connectivity index (χ1) is 8.16. The van der Waals surface area contributed by atoms with E-state index < -0.39 is 11.2 Å². The van der Waals surface area contributed by atoms with Crippen molar-refractivity contribution in [3.05, 3.63) is 68.5 Å². The lowest BCUT2D eigenvalue weighted by Crippen LogP contribution is -2.30. The minimum Gasteiger partial charge on any atom is -0.424 e. The molecule has 0 aliphatic carbocycles. The SMILES string of the molecule is O=c1[nH]c(=O)n(O)cc1CCc1ccccc1. The van der Waals surface area contributed by atoms with Gasteiger partial charge in [0.05, 0.1) is 6.20 Å². The van der Waals surface area contributed by atoms with Crippen molar-refractivity contribution in [1.29, 1.82) is 0 Å². The zero-order valence-electron chi connectivity index (χ0n) is 9.09. The maximum atomic E-state index is 11.4. The maximum Gasteiger partial charge on any atom is 0.361 e. The predicted octanol–water partition coefficient (Wildman–Crippen LogP) is 0.559. The van der Waals surface area contributed by atoms with E-state index in [2.05, 4.69) is 0 Å². The highest BCUT2D eigenvalue weighted by molar-refractivity contribution is 5.17. The molecule has 1 aromatic heterocycles. The molecule has 0 fully saturated rings. The van der Waals surface area contributed by atoms with Gasteiger partial charge in [0, 0.05) is 5.56 Å². The van der Waals surface area contributed by atoms with Crippen molar-refractivity contribution in [2.24, 2.45) is 0 Å². The second kappa shape index (κ2) is 4.69. The van der Waals surface area contributed by atoms with E-state index in [1.807, 2.05) is 35.3 Å². The molecule has 0 atom stereocenters. The molecule has 0 bridgehead atoms. The van der Waals surface area contributed by atoms with Crippen LogP contribution in [0.2, 0.25) is 0 Å². The summed E-state index contributed by atoms with van der Waals surface area (Å²) in [5, 5.41) is 9.16. The first-order valence-corrected chi connectivity index (χ1v) is 5.25. The third-order valence-corrected chi connectivity index (χ3v) is 2.52. The van der Waals surface area contributed by atoms with Crippen LogP contribution in [0.3, 0.4) is 0 Å². The Morgan fingerprint density at radius 2 is 1.82 bits per heavy atom. The number of hydrogen-bond donors (Lipinski definition) is 2. The molecule has 1 aromatic carbocycles. The van der Waals surface area contributed by atoms with Gasteiger partial charge in [-0.1, -0.05) is 30.3 Å². The molecule has 2 N–H and O–H groups in total. The van der Waals surface area contributed by atoms with Crippen molar-refractivity contribution in [3.8, 4) is 0 Å². The van der Waals surface area contributed by atoms with Gasteiger partial charge in [0.15, 0.2) is 0 Å². The van der Waals surface area contributed by atoms with Crippen LogP contribution in [0.4, 0.5) is 0 Å². The van der Waals surface area contributed by atoms with E-state index >= 15 is 0 Å². The van der Waals surface area contributed by atoms with Gasteiger partial charge in [-0.25, -0.2) is 4.79 Å². The molecular weight excluding hydrogens is 220 g/mol. The highest BCUT2D eigenvalue weighted by Crippen LogP contribution is 2.02. The molecule has 2 rings (SSSR count). The predicted molar refractivity (Wildman–Crippen MR) is 62.4 cm³/mol. The highest BCUT2D eigenvalue weighted by atomic mass is 16.5. The Labute approximate surface area is 96.9 Å². The molecule has 0 spiro atoms. The molecule has 2 aromatic rings. The van der Waals surface area contributed by atoms with E-state index in [1.165, 1.54) is 0 Å². The highest BCUT2D eigenvalue weighted by Gasteiger charge is 2.04. The van der Waals surface area contributed by atoms with Gasteiger partial charge in [-0.2, -0.15) is 0 Å². The van der Waals surface area contributed by atoms with Gasteiger partial charge in [-0.05, 0) is 18.4 Å². The van der Waals surface area contributed by atoms with Crippen LogP contribution >= 0.6 is 0 Å². The Morgan fingerprint density at radius 1 is 1.12 bits per heavy atom. The fourth-order valence-corrected chi connectivity index (χ4v) is 1.60. The normalized spacial score (nSPS) is 10.4. The molecule has 1 heterocycles. The smallest absolute Gasteiger partial charge is 0.361 e. The van der Waals surface area contributed by atoms with Gasteiger partial charge in [0.25, 0.3) is 5.56 Å². The molecule has 0 saturated heterocycles. The number of H-pyrrole nitrogens is 1. The fraction of sp³-hybridized carbons (Fsp3) is 0.167. The standard InChI is InChI=1S/C12H12N2O3/c15-11-10(8-14(17)12(16)13-11)7-6-9-4-2-1-3-5-9/h1-5,8,17H,6-7H2,(H,13,15,16). The molecule has 0 aliphatic heterocycles. The second-order valence-electron chi connectivity index (χ2n) is 3.74. The monoisotopic (exact) mass is 232 g/mol. The Hall–Kier alpha value is -2.30. The number of rotatable bonds is 3. The summed E-state index contributed by atoms with van der Waals surface area (Å²) in [7, 11) is 0. The van der Waals surface area contributed by atoms with Crippen LogP contribution in [0, 0.1) is 0 Å². The molecule has 0 radical (unpaired) electrons. The van der Waals surface area contributed by atoms with Gasteiger partial charge in [0.2, 0.25) is 0 Å². The summed E-state index contributed by atoms with van der Waals surface area (Å²) >= 11 is 0. The van der Waals surface area contributed by atoms with Crippen molar-refractivity contribution < 1.29 is 5.21 Å². The van der Waals surface area contributed by atoms with Crippen molar-refractivity contribution in [2.45, 2.75) is 12.8 Å². The number of aromatic nitrogens is 2. The molecule has 17 heavy (non-hydrogen) atoms.